The first-order chi connectivity index (χ1) is 8.36. The largest absolute Gasteiger partial charge is 0.367 e. The van der Waals surface area contributed by atoms with Crippen molar-refractivity contribution >= 4 is 0 Å². The molecular weight excluding hydrogens is 218 g/mol. The standard InChI is InChI=1S/C13H19NO3/c15-12-6-7-14-10-11(12)4-3-9-17-13-5-1-2-8-16-13/h6-7,10,13H,1-5,8-9H2,(H,14,15). The molecule has 94 valence electrons. The highest BCUT2D eigenvalue weighted by molar-refractivity contribution is 5.08. The summed E-state index contributed by atoms with van der Waals surface area (Å²) < 4.78 is 11.1. The van der Waals surface area contributed by atoms with E-state index in [0.717, 1.165) is 37.9 Å². The van der Waals surface area contributed by atoms with Crippen molar-refractivity contribution in [3.05, 3.63) is 34.2 Å². The van der Waals surface area contributed by atoms with Gasteiger partial charge in [0.1, 0.15) is 0 Å². The topological polar surface area (TPSA) is 51.3 Å². The highest BCUT2D eigenvalue weighted by Gasteiger charge is 2.13. The van der Waals surface area contributed by atoms with Crippen LogP contribution in [0, 0.1) is 0 Å². The quantitative estimate of drug-likeness (QED) is 0.795. The number of rotatable bonds is 5. The molecule has 17 heavy (non-hydrogen) atoms. The highest BCUT2D eigenvalue weighted by atomic mass is 16.7. The van der Waals surface area contributed by atoms with Crippen LogP contribution in [0.5, 0.6) is 0 Å². The van der Waals surface area contributed by atoms with Gasteiger partial charge < -0.3 is 14.5 Å². The minimum absolute atomic E-state index is 0.0298. The third-order valence-corrected chi connectivity index (χ3v) is 2.94. The lowest BCUT2D eigenvalue weighted by molar-refractivity contribution is -0.162. The number of nitrogens with one attached hydrogen (secondary N) is 1. The molecule has 4 nitrogen and oxygen atoms in total. The number of aryl methyl sites for hydroxylation is 1. The van der Waals surface area contributed by atoms with Crippen molar-refractivity contribution in [2.45, 2.75) is 38.4 Å². The number of H-pyrrole nitrogens is 1. The lowest BCUT2D eigenvalue weighted by Crippen LogP contribution is -2.23. The molecule has 4 heteroatoms. The van der Waals surface area contributed by atoms with Crippen LogP contribution in [0.25, 0.3) is 0 Å². The summed E-state index contributed by atoms with van der Waals surface area (Å²) in [5, 5.41) is 0. The number of hydrogen-bond donors (Lipinski definition) is 1. The Balaban J connectivity index is 1.66. The van der Waals surface area contributed by atoms with E-state index >= 15 is 0 Å². The van der Waals surface area contributed by atoms with Gasteiger partial charge in [0.05, 0.1) is 6.61 Å². The second kappa shape index (κ2) is 6.57. The molecule has 0 radical (unpaired) electrons. The summed E-state index contributed by atoms with van der Waals surface area (Å²) >= 11 is 0. The van der Waals surface area contributed by atoms with E-state index in [-0.39, 0.29) is 11.7 Å². The Morgan fingerprint density at radius 1 is 1.47 bits per heavy atom. The van der Waals surface area contributed by atoms with Crippen LogP contribution in [0.3, 0.4) is 0 Å². The van der Waals surface area contributed by atoms with Gasteiger partial charge in [0.25, 0.3) is 0 Å². The molecule has 0 amide bonds. The molecule has 1 saturated heterocycles. The molecule has 1 aromatic heterocycles. The molecule has 0 aliphatic carbocycles. The van der Waals surface area contributed by atoms with E-state index < -0.39 is 0 Å². The first kappa shape index (κ1) is 12.3. The minimum Gasteiger partial charge on any atom is -0.367 e. The van der Waals surface area contributed by atoms with Gasteiger partial charge in [0, 0.05) is 30.6 Å². The Bertz CT molecular complexity index is 382. The Hall–Kier alpha value is -1.13. The maximum atomic E-state index is 11.4. The lowest BCUT2D eigenvalue weighted by Gasteiger charge is -2.22. The Morgan fingerprint density at radius 3 is 3.18 bits per heavy atom. The third kappa shape index (κ3) is 3.98. The van der Waals surface area contributed by atoms with Crippen LogP contribution in [0.1, 0.15) is 31.2 Å². The fourth-order valence-corrected chi connectivity index (χ4v) is 1.97. The molecule has 1 aromatic rings. The fourth-order valence-electron chi connectivity index (χ4n) is 1.97. The van der Waals surface area contributed by atoms with E-state index in [1.165, 1.54) is 6.42 Å². The predicted molar refractivity (Wildman–Crippen MR) is 64.9 cm³/mol. The summed E-state index contributed by atoms with van der Waals surface area (Å²) in [7, 11) is 0. The molecule has 1 fully saturated rings. The van der Waals surface area contributed by atoms with E-state index in [4.69, 9.17) is 9.47 Å². The Kier molecular flexibility index (Phi) is 4.76. The van der Waals surface area contributed by atoms with Gasteiger partial charge in [-0.2, -0.15) is 0 Å². The van der Waals surface area contributed by atoms with Crippen molar-refractivity contribution < 1.29 is 9.47 Å². The van der Waals surface area contributed by atoms with Crippen LogP contribution in [0.2, 0.25) is 0 Å². The monoisotopic (exact) mass is 237 g/mol. The molecule has 1 N–H and O–H groups in total. The molecule has 1 atom stereocenters. The molecule has 1 aliphatic heterocycles. The lowest BCUT2D eigenvalue weighted by atomic mass is 10.1. The summed E-state index contributed by atoms with van der Waals surface area (Å²) in [5.41, 5.74) is 0.915. The zero-order valence-electron chi connectivity index (χ0n) is 9.98. The first-order valence-corrected chi connectivity index (χ1v) is 6.25. The van der Waals surface area contributed by atoms with Gasteiger partial charge in [-0.25, -0.2) is 0 Å². The molecule has 0 saturated carbocycles. The number of hydrogen-bond acceptors (Lipinski definition) is 3. The molecule has 2 heterocycles. The van der Waals surface area contributed by atoms with Crippen molar-refractivity contribution in [3.8, 4) is 0 Å². The van der Waals surface area contributed by atoms with E-state index in [1.807, 2.05) is 0 Å². The summed E-state index contributed by atoms with van der Waals surface area (Å²) in [5.74, 6) is 0. The number of aromatic amines is 1. The van der Waals surface area contributed by atoms with Crippen LogP contribution >= 0.6 is 0 Å². The van der Waals surface area contributed by atoms with E-state index in [9.17, 15) is 4.79 Å². The average molecular weight is 237 g/mol. The molecule has 0 spiro atoms. The maximum Gasteiger partial charge on any atom is 0.184 e. The van der Waals surface area contributed by atoms with Gasteiger partial charge in [-0.3, -0.25) is 4.79 Å². The molecule has 0 aromatic carbocycles. The summed E-state index contributed by atoms with van der Waals surface area (Å²) in [6, 6.07) is 1.56. The van der Waals surface area contributed by atoms with Gasteiger partial charge >= 0.3 is 0 Å². The Labute approximate surface area is 101 Å². The van der Waals surface area contributed by atoms with Crippen LogP contribution in [-0.4, -0.2) is 24.5 Å². The number of aromatic nitrogens is 1. The molecule has 2 rings (SSSR count). The van der Waals surface area contributed by atoms with Gasteiger partial charge in [-0.05, 0) is 32.1 Å². The minimum atomic E-state index is -0.0298. The van der Waals surface area contributed by atoms with Gasteiger partial charge in [-0.1, -0.05) is 0 Å². The summed E-state index contributed by atoms with van der Waals surface area (Å²) in [6.07, 6.45) is 8.31. The third-order valence-electron chi connectivity index (χ3n) is 2.94. The van der Waals surface area contributed by atoms with E-state index in [1.54, 1.807) is 18.5 Å². The maximum absolute atomic E-state index is 11.4. The van der Waals surface area contributed by atoms with Crippen molar-refractivity contribution in [1.82, 2.24) is 4.98 Å². The fraction of sp³-hybridized carbons (Fsp3) is 0.615. The van der Waals surface area contributed by atoms with E-state index in [2.05, 4.69) is 4.98 Å². The summed E-state index contributed by atoms with van der Waals surface area (Å²) in [6.45, 7) is 1.46. The SMILES string of the molecule is O=c1cc[nH]cc1CCCOC1CCCCO1. The second-order valence-corrected chi connectivity index (χ2v) is 4.30. The Morgan fingerprint density at radius 2 is 2.41 bits per heavy atom. The highest BCUT2D eigenvalue weighted by Crippen LogP contribution is 2.13. The van der Waals surface area contributed by atoms with Crippen molar-refractivity contribution in [3.63, 3.8) is 0 Å². The summed E-state index contributed by atoms with van der Waals surface area (Å²) in [4.78, 5) is 14.4. The van der Waals surface area contributed by atoms with Gasteiger partial charge in [0.15, 0.2) is 11.7 Å². The molecule has 0 bridgehead atoms. The van der Waals surface area contributed by atoms with E-state index in [0.29, 0.717) is 6.61 Å². The van der Waals surface area contributed by atoms with Crippen LogP contribution < -0.4 is 5.43 Å². The average Bonchev–Trinajstić information content (AvgIpc) is 2.38. The van der Waals surface area contributed by atoms with Crippen molar-refractivity contribution in [2.24, 2.45) is 0 Å². The number of pyridine rings is 1. The molecule has 1 unspecified atom stereocenters. The van der Waals surface area contributed by atoms with Crippen molar-refractivity contribution in [2.75, 3.05) is 13.2 Å². The smallest absolute Gasteiger partial charge is 0.184 e. The van der Waals surface area contributed by atoms with Crippen LogP contribution in [0.15, 0.2) is 23.3 Å². The zero-order chi connectivity index (χ0) is 11.9. The second-order valence-electron chi connectivity index (χ2n) is 4.30. The first-order valence-electron chi connectivity index (χ1n) is 6.25. The molecular formula is C13H19NO3. The van der Waals surface area contributed by atoms with Crippen LogP contribution in [-0.2, 0) is 15.9 Å². The predicted octanol–water partition coefficient (Wildman–Crippen LogP) is 1.85. The zero-order valence-corrected chi connectivity index (χ0v) is 9.98. The number of ether oxygens (including phenoxy) is 2. The van der Waals surface area contributed by atoms with Gasteiger partial charge in [0.2, 0.25) is 0 Å². The molecule has 1 aliphatic rings. The normalized spacial score (nSPS) is 20.4. The van der Waals surface area contributed by atoms with Crippen LogP contribution in [0.4, 0.5) is 0 Å². The van der Waals surface area contributed by atoms with Crippen molar-refractivity contribution in [1.29, 1.82) is 0 Å². The van der Waals surface area contributed by atoms with Gasteiger partial charge in [-0.15, -0.1) is 0 Å².